The number of halogens is 2. The lowest BCUT2D eigenvalue weighted by atomic mass is 10.1. The molecule has 1 N–H and O–H groups in total. The van der Waals surface area contributed by atoms with Crippen molar-refractivity contribution in [2.24, 2.45) is 0 Å². The number of carbonyl (C=O) groups is 1. The standard InChI is InChI=1S/C23H18BrFN6O/c1-23(2,3)30-21(32)13-5-6-18(29-12-13)20-15(11-26)14-9-17(25)16(24)10-19(14)31(20)22-27-7-4-8-28-22/h4-10,12H,1-3H3,(H,30,32). The molecule has 0 radical (unpaired) electrons. The molecule has 0 saturated heterocycles. The van der Waals surface area contributed by atoms with Gasteiger partial charge in [0, 0.05) is 29.5 Å². The highest BCUT2D eigenvalue weighted by molar-refractivity contribution is 9.10. The molecule has 0 unspecified atom stereocenters. The molecule has 0 spiro atoms. The van der Waals surface area contributed by atoms with Crippen molar-refractivity contribution in [1.29, 1.82) is 5.26 Å². The molecule has 4 rings (SSSR count). The number of hydrogen-bond acceptors (Lipinski definition) is 5. The smallest absolute Gasteiger partial charge is 0.253 e. The highest BCUT2D eigenvalue weighted by Gasteiger charge is 2.24. The molecule has 1 aromatic carbocycles. The summed E-state index contributed by atoms with van der Waals surface area (Å²) in [5.74, 6) is -0.437. The van der Waals surface area contributed by atoms with Crippen LogP contribution in [0.4, 0.5) is 4.39 Å². The number of nitrogens with zero attached hydrogens (tertiary/aromatic N) is 5. The van der Waals surface area contributed by atoms with Gasteiger partial charge in [-0.3, -0.25) is 14.3 Å². The Hall–Kier alpha value is -3.64. The maximum Gasteiger partial charge on any atom is 0.253 e. The zero-order chi connectivity index (χ0) is 23.0. The van der Waals surface area contributed by atoms with Gasteiger partial charge in [0.1, 0.15) is 11.9 Å². The molecule has 160 valence electrons. The Kier molecular flexibility index (Phi) is 5.48. The van der Waals surface area contributed by atoms with Gasteiger partial charge in [-0.1, -0.05) is 0 Å². The summed E-state index contributed by atoms with van der Waals surface area (Å²) in [5, 5.41) is 13.2. The van der Waals surface area contributed by atoms with Crippen LogP contribution in [0.5, 0.6) is 0 Å². The molecule has 0 fully saturated rings. The lowest BCUT2D eigenvalue weighted by Crippen LogP contribution is -2.40. The molecular weight excluding hydrogens is 475 g/mol. The number of benzene rings is 1. The van der Waals surface area contributed by atoms with Gasteiger partial charge in [-0.2, -0.15) is 5.26 Å². The molecular formula is C23H18BrFN6O. The predicted octanol–water partition coefficient (Wildman–Crippen LogP) is 4.78. The average molecular weight is 493 g/mol. The third-order valence-corrected chi connectivity index (χ3v) is 5.24. The van der Waals surface area contributed by atoms with Gasteiger partial charge >= 0.3 is 0 Å². The number of aromatic nitrogens is 4. The second-order valence-corrected chi connectivity index (χ2v) is 8.99. The molecule has 0 aliphatic rings. The van der Waals surface area contributed by atoms with Crippen LogP contribution in [0, 0.1) is 17.1 Å². The minimum absolute atomic E-state index is 0.234. The van der Waals surface area contributed by atoms with Crippen molar-refractivity contribution in [3.05, 3.63) is 70.3 Å². The Morgan fingerprint density at radius 1 is 1.19 bits per heavy atom. The molecule has 0 aliphatic carbocycles. The number of pyridine rings is 1. The van der Waals surface area contributed by atoms with E-state index in [9.17, 15) is 14.4 Å². The second-order valence-electron chi connectivity index (χ2n) is 8.14. The number of nitriles is 1. The van der Waals surface area contributed by atoms with Gasteiger partial charge in [0.05, 0.1) is 32.5 Å². The maximum atomic E-state index is 14.3. The van der Waals surface area contributed by atoms with E-state index >= 15 is 0 Å². The first kappa shape index (κ1) is 21.6. The zero-order valence-electron chi connectivity index (χ0n) is 17.5. The Balaban J connectivity index is 1.94. The first-order valence-electron chi connectivity index (χ1n) is 9.69. The topological polar surface area (TPSA) is 96.5 Å². The number of rotatable bonds is 3. The van der Waals surface area contributed by atoms with Crippen LogP contribution < -0.4 is 5.32 Å². The van der Waals surface area contributed by atoms with E-state index in [1.54, 1.807) is 41.2 Å². The van der Waals surface area contributed by atoms with E-state index in [-0.39, 0.29) is 15.9 Å². The lowest BCUT2D eigenvalue weighted by Gasteiger charge is -2.20. The van der Waals surface area contributed by atoms with Crippen LogP contribution in [-0.4, -0.2) is 31.0 Å². The molecule has 4 aromatic rings. The van der Waals surface area contributed by atoms with Gasteiger partial charge in [0.2, 0.25) is 5.95 Å². The van der Waals surface area contributed by atoms with Crippen LogP contribution in [-0.2, 0) is 0 Å². The van der Waals surface area contributed by atoms with Crippen molar-refractivity contribution in [2.75, 3.05) is 0 Å². The van der Waals surface area contributed by atoms with Crippen LogP contribution >= 0.6 is 15.9 Å². The van der Waals surface area contributed by atoms with Gasteiger partial charge in [0.15, 0.2) is 0 Å². The van der Waals surface area contributed by atoms with Crippen molar-refractivity contribution < 1.29 is 9.18 Å². The third-order valence-electron chi connectivity index (χ3n) is 4.63. The first-order chi connectivity index (χ1) is 15.2. The van der Waals surface area contributed by atoms with Crippen LogP contribution in [0.25, 0.3) is 28.2 Å². The van der Waals surface area contributed by atoms with E-state index in [0.29, 0.717) is 33.8 Å². The van der Waals surface area contributed by atoms with Crippen LogP contribution in [0.1, 0.15) is 36.7 Å². The van der Waals surface area contributed by atoms with Crippen molar-refractivity contribution in [1.82, 2.24) is 24.8 Å². The Morgan fingerprint density at radius 3 is 2.50 bits per heavy atom. The van der Waals surface area contributed by atoms with E-state index < -0.39 is 11.4 Å². The minimum atomic E-state index is -0.492. The van der Waals surface area contributed by atoms with E-state index in [1.165, 1.54) is 12.3 Å². The van der Waals surface area contributed by atoms with E-state index in [1.807, 2.05) is 20.8 Å². The molecule has 0 atom stereocenters. The van der Waals surface area contributed by atoms with Gasteiger partial charge < -0.3 is 5.32 Å². The first-order valence-corrected chi connectivity index (χ1v) is 10.5. The van der Waals surface area contributed by atoms with Crippen molar-refractivity contribution in [3.63, 3.8) is 0 Å². The summed E-state index contributed by atoms with van der Waals surface area (Å²) in [7, 11) is 0. The third kappa shape index (κ3) is 3.97. The molecule has 3 heterocycles. The summed E-state index contributed by atoms with van der Waals surface area (Å²) >= 11 is 3.21. The van der Waals surface area contributed by atoms with Gasteiger partial charge in [-0.15, -0.1) is 0 Å². The maximum absolute atomic E-state index is 14.3. The predicted molar refractivity (Wildman–Crippen MR) is 122 cm³/mol. The van der Waals surface area contributed by atoms with Crippen LogP contribution in [0.2, 0.25) is 0 Å². The van der Waals surface area contributed by atoms with Crippen molar-refractivity contribution in [2.45, 2.75) is 26.3 Å². The summed E-state index contributed by atoms with van der Waals surface area (Å²) < 4.78 is 16.2. The fourth-order valence-corrected chi connectivity index (χ4v) is 3.66. The number of hydrogen-bond donors (Lipinski definition) is 1. The fourth-order valence-electron chi connectivity index (χ4n) is 3.33. The monoisotopic (exact) mass is 492 g/mol. The molecule has 0 aliphatic heterocycles. The van der Waals surface area contributed by atoms with Crippen LogP contribution in [0.15, 0.2) is 53.4 Å². The van der Waals surface area contributed by atoms with E-state index in [0.717, 1.165) is 0 Å². The minimum Gasteiger partial charge on any atom is -0.347 e. The zero-order valence-corrected chi connectivity index (χ0v) is 19.1. The van der Waals surface area contributed by atoms with Crippen LogP contribution in [0.3, 0.4) is 0 Å². The van der Waals surface area contributed by atoms with Gasteiger partial charge in [-0.05, 0) is 67.0 Å². The molecule has 0 saturated carbocycles. The molecule has 7 nitrogen and oxygen atoms in total. The average Bonchev–Trinajstić information content (AvgIpc) is 3.06. The van der Waals surface area contributed by atoms with Crippen molar-refractivity contribution in [3.8, 4) is 23.4 Å². The molecule has 1 amide bonds. The molecule has 9 heteroatoms. The Bertz CT molecular complexity index is 1370. The summed E-state index contributed by atoms with van der Waals surface area (Å²) in [6.45, 7) is 5.67. The number of carbonyl (C=O) groups excluding carboxylic acids is 1. The fraction of sp³-hybridized carbons (Fsp3) is 0.174. The Morgan fingerprint density at radius 2 is 1.91 bits per heavy atom. The lowest BCUT2D eigenvalue weighted by molar-refractivity contribution is 0.0919. The SMILES string of the molecule is CC(C)(C)NC(=O)c1ccc(-c2c(C#N)c3cc(F)c(Br)cc3n2-c2ncccn2)nc1. The number of fused-ring (bicyclic) bond motifs is 1. The summed E-state index contributed by atoms with van der Waals surface area (Å²) in [4.78, 5) is 25.5. The normalized spacial score (nSPS) is 11.4. The van der Waals surface area contributed by atoms with Gasteiger partial charge in [-0.25, -0.2) is 14.4 Å². The van der Waals surface area contributed by atoms with Crippen molar-refractivity contribution >= 4 is 32.7 Å². The van der Waals surface area contributed by atoms with Gasteiger partial charge in [0.25, 0.3) is 5.91 Å². The summed E-state index contributed by atoms with van der Waals surface area (Å²) in [5.41, 5.74) is 1.61. The second kappa shape index (κ2) is 8.13. The molecule has 32 heavy (non-hydrogen) atoms. The van der Waals surface area contributed by atoms with E-state index in [2.05, 4.69) is 42.3 Å². The largest absolute Gasteiger partial charge is 0.347 e. The van der Waals surface area contributed by atoms with E-state index in [4.69, 9.17) is 0 Å². The number of amides is 1. The number of nitrogens with one attached hydrogen (secondary N) is 1. The summed E-state index contributed by atoms with van der Waals surface area (Å²) in [6, 6.07) is 10.0. The highest BCUT2D eigenvalue weighted by atomic mass is 79.9. The molecule has 0 bridgehead atoms. The Labute approximate surface area is 192 Å². The molecule has 3 aromatic heterocycles. The summed E-state index contributed by atoms with van der Waals surface area (Å²) in [6.07, 6.45) is 4.60. The highest BCUT2D eigenvalue weighted by Crippen LogP contribution is 2.36. The quantitative estimate of drug-likeness (QED) is 0.443.